The number of hydrogen-bond acceptors (Lipinski definition) is 5. The lowest BCUT2D eigenvalue weighted by molar-refractivity contribution is 0.584. The Morgan fingerprint density at radius 3 is 2.70 bits per heavy atom. The normalized spacial score (nSPS) is 14.6. The fourth-order valence-electron chi connectivity index (χ4n) is 2.77. The molecule has 1 aromatic heterocycles. The van der Waals surface area contributed by atoms with Gasteiger partial charge in [0.15, 0.2) is 5.82 Å². The van der Waals surface area contributed by atoms with Gasteiger partial charge in [-0.25, -0.2) is 9.97 Å². The Kier molecular flexibility index (Phi) is 4.57. The van der Waals surface area contributed by atoms with Crippen molar-refractivity contribution in [2.24, 2.45) is 0 Å². The van der Waals surface area contributed by atoms with Crippen LogP contribution in [-0.4, -0.2) is 43.2 Å². The summed E-state index contributed by atoms with van der Waals surface area (Å²) in [5.74, 6) is 1.71. The molecule has 3 rings (SSSR count). The van der Waals surface area contributed by atoms with Gasteiger partial charge in [-0.05, 0) is 24.6 Å². The summed E-state index contributed by atoms with van der Waals surface area (Å²) in [5, 5.41) is 6.58. The number of nitrogens with zero attached hydrogens (tertiary/aromatic N) is 3. The predicted molar refractivity (Wildman–Crippen MR) is 96.9 cm³/mol. The Bertz CT molecular complexity index is 705. The minimum absolute atomic E-state index is 0.743. The Labute approximate surface area is 137 Å². The van der Waals surface area contributed by atoms with Crippen LogP contribution >= 0.6 is 0 Å². The van der Waals surface area contributed by atoms with Crippen LogP contribution in [0.1, 0.15) is 11.3 Å². The highest BCUT2D eigenvalue weighted by Gasteiger charge is 2.15. The highest BCUT2D eigenvalue weighted by Crippen LogP contribution is 2.25. The van der Waals surface area contributed by atoms with E-state index in [9.17, 15) is 0 Å². The summed E-state index contributed by atoms with van der Waals surface area (Å²) in [6.45, 7) is 9.84. The molecular weight excluding hydrogens is 286 g/mol. The van der Waals surface area contributed by atoms with Crippen molar-refractivity contribution < 1.29 is 0 Å². The SMILES string of the molecule is C=Cc1cc(N2CCNCC2)nc(-c2ccc(C)c(NC)c2)n1. The van der Waals surface area contributed by atoms with E-state index in [1.165, 1.54) is 5.56 Å². The first-order chi connectivity index (χ1) is 11.2. The second-order valence-corrected chi connectivity index (χ2v) is 5.70. The van der Waals surface area contributed by atoms with E-state index in [0.29, 0.717) is 0 Å². The summed E-state index contributed by atoms with van der Waals surface area (Å²) >= 11 is 0. The molecule has 1 fully saturated rings. The molecule has 0 unspecified atom stereocenters. The third-order valence-corrected chi connectivity index (χ3v) is 4.15. The van der Waals surface area contributed by atoms with Gasteiger partial charge >= 0.3 is 0 Å². The maximum absolute atomic E-state index is 4.79. The highest BCUT2D eigenvalue weighted by molar-refractivity contribution is 5.67. The van der Waals surface area contributed by atoms with Crippen LogP contribution in [0.5, 0.6) is 0 Å². The molecule has 2 N–H and O–H groups in total. The van der Waals surface area contributed by atoms with Gasteiger partial charge < -0.3 is 15.5 Å². The van der Waals surface area contributed by atoms with Crippen LogP contribution in [0, 0.1) is 6.92 Å². The molecule has 0 aliphatic carbocycles. The number of piperazine rings is 1. The van der Waals surface area contributed by atoms with Crippen LogP contribution in [0.4, 0.5) is 11.5 Å². The van der Waals surface area contributed by atoms with Gasteiger partial charge in [-0.15, -0.1) is 0 Å². The third-order valence-electron chi connectivity index (χ3n) is 4.15. The summed E-state index contributed by atoms with van der Waals surface area (Å²) in [5.41, 5.74) is 4.17. The van der Waals surface area contributed by atoms with Crippen molar-refractivity contribution in [3.05, 3.63) is 42.1 Å². The summed E-state index contributed by atoms with van der Waals surface area (Å²) in [7, 11) is 1.93. The molecule has 1 saturated heterocycles. The summed E-state index contributed by atoms with van der Waals surface area (Å²) in [4.78, 5) is 11.7. The van der Waals surface area contributed by atoms with Crippen LogP contribution in [0.2, 0.25) is 0 Å². The predicted octanol–water partition coefficient (Wildman–Crippen LogP) is 2.55. The molecule has 0 radical (unpaired) electrons. The monoisotopic (exact) mass is 309 g/mol. The molecule has 0 atom stereocenters. The zero-order valence-corrected chi connectivity index (χ0v) is 13.8. The zero-order valence-electron chi connectivity index (χ0n) is 13.8. The minimum atomic E-state index is 0.743. The largest absolute Gasteiger partial charge is 0.388 e. The lowest BCUT2D eigenvalue weighted by Crippen LogP contribution is -2.44. The number of nitrogens with one attached hydrogen (secondary N) is 2. The van der Waals surface area contributed by atoms with Gasteiger partial charge in [0.05, 0.1) is 5.69 Å². The van der Waals surface area contributed by atoms with Gasteiger partial charge in [0, 0.05) is 50.5 Å². The molecule has 2 heterocycles. The van der Waals surface area contributed by atoms with Crippen molar-refractivity contribution in [3.8, 4) is 11.4 Å². The second-order valence-electron chi connectivity index (χ2n) is 5.70. The average Bonchev–Trinajstić information content (AvgIpc) is 2.62. The number of aryl methyl sites for hydroxylation is 1. The first-order valence-electron chi connectivity index (χ1n) is 7.97. The number of aromatic nitrogens is 2. The van der Waals surface area contributed by atoms with Crippen LogP contribution in [-0.2, 0) is 0 Å². The van der Waals surface area contributed by atoms with Gasteiger partial charge in [-0.2, -0.15) is 0 Å². The number of hydrogen-bond donors (Lipinski definition) is 2. The first-order valence-corrected chi connectivity index (χ1v) is 7.97. The van der Waals surface area contributed by atoms with Crippen molar-refractivity contribution in [3.63, 3.8) is 0 Å². The molecule has 2 aromatic rings. The zero-order chi connectivity index (χ0) is 16.2. The number of benzene rings is 1. The molecule has 5 nitrogen and oxygen atoms in total. The Balaban J connectivity index is 2.02. The van der Waals surface area contributed by atoms with Gasteiger partial charge in [0.25, 0.3) is 0 Å². The molecule has 0 bridgehead atoms. The maximum Gasteiger partial charge on any atom is 0.162 e. The summed E-state index contributed by atoms with van der Waals surface area (Å²) < 4.78 is 0. The lowest BCUT2D eigenvalue weighted by atomic mass is 10.1. The molecule has 1 aliphatic rings. The number of anilines is 2. The first kappa shape index (κ1) is 15.5. The van der Waals surface area contributed by atoms with E-state index in [1.807, 2.05) is 13.1 Å². The van der Waals surface area contributed by atoms with Crippen molar-refractivity contribution in [2.75, 3.05) is 43.4 Å². The van der Waals surface area contributed by atoms with Gasteiger partial charge in [-0.1, -0.05) is 18.7 Å². The molecule has 5 heteroatoms. The standard InChI is InChI=1S/C18H23N5/c1-4-15-12-17(23-9-7-20-8-10-23)22-18(21-15)14-6-5-13(2)16(11-14)19-3/h4-6,11-12,19-20H,1,7-10H2,2-3H3. The second kappa shape index (κ2) is 6.79. The average molecular weight is 309 g/mol. The molecular formula is C18H23N5. The molecule has 0 spiro atoms. The Hall–Kier alpha value is -2.40. The number of rotatable bonds is 4. The van der Waals surface area contributed by atoms with E-state index < -0.39 is 0 Å². The van der Waals surface area contributed by atoms with Gasteiger partial charge in [0.1, 0.15) is 5.82 Å². The van der Waals surface area contributed by atoms with Crippen LogP contribution < -0.4 is 15.5 Å². The smallest absolute Gasteiger partial charge is 0.162 e. The molecule has 0 amide bonds. The van der Waals surface area contributed by atoms with E-state index in [2.05, 4.69) is 52.2 Å². The lowest BCUT2D eigenvalue weighted by Gasteiger charge is -2.28. The van der Waals surface area contributed by atoms with E-state index in [-0.39, 0.29) is 0 Å². The molecule has 1 aromatic carbocycles. The summed E-state index contributed by atoms with van der Waals surface area (Å²) in [6.07, 6.45) is 1.78. The third kappa shape index (κ3) is 3.35. The van der Waals surface area contributed by atoms with Crippen molar-refractivity contribution in [1.29, 1.82) is 0 Å². The van der Waals surface area contributed by atoms with E-state index in [4.69, 9.17) is 4.98 Å². The van der Waals surface area contributed by atoms with Crippen LogP contribution in [0.15, 0.2) is 30.8 Å². The molecule has 120 valence electrons. The van der Waals surface area contributed by atoms with E-state index >= 15 is 0 Å². The quantitative estimate of drug-likeness (QED) is 0.909. The van der Waals surface area contributed by atoms with E-state index in [1.54, 1.807) is 6.08 Å². The minimum Gasteiger partial charge on any atom is -0.388 e. The van der Waals surface area contributed by atoms with Crippen molar-refractivity contribution >= 4 is 17.6 Å². The topological polar surface area (TPSA) is 53.1 Å². The van der Waals surface area contributed by atoms with Crippen LogP contribution in [0.25, 0.3) is 17.5 Å². The van der Waals surface area contributed by atoms with Gasteiger partial charge in [0.2, 0.25) is 0 Å². The molecule has 0 saturated carbocycles. The van der Waals surface area contributed by atoms with Gasteiger partial charge in [-0.3, -0.25) is 0 Å². The summed E-state index contributed by atoms with van der Waals surface area (Å²) in [6, 6.07) is 8.27. The highest BCUT2D eigenvalue weighted by atomic mass is 15.2. The Morgan fingerprint density at radius 1 is 1.22 bits per heavy atom. The van der Waals surface area contributed by atoms with Crippen molar-refractivity contribution in [2.45, 2.75) is 6.92 Å². The fourth-order valence-corrected chi connectivity index (χ4v) is 2.77. The van der Waals surface area contributed by atoms with Crippen LogP contribution in [0.3, 0.4) is 0 Å². The Morgan fingerprint density at radius 2 is 2.00 bits per heavy atom. The van der Waals surface area contributed by atoms with Crippen molar-refractivity contribution in [1.82, 2.24) is 15.3 Å². The van der Waals surface area contributed by atoms with E-state index in [0.717, 1.165) is 54.8 Å². The fraction of sp³-hybridized carbons (Fsp3) is 0.333. The molecule has 1 aliphatic heterocycles. The maximum atomic E-state index is 4.79. The molecule has 23 heavy (non-hydrogen) atoms.